The number of nitrogens with zero attached hydrogens (tertiary/aromatic N) is 2. The molecule has 2 aromatic heterocycles. The van der Waals surface area contributed by atoms with Gasteiger partial charge in [0, 0.05) is 6.20 Å². The van der Waals surface area contributed by atoms with E-state index in [2.05, 4.69) is 9.97 Å². The molecule has 6 heteroatoms. The van der Waals surface area contributed by atoms with Crippen LogP contribution in [0.4, 0.5) is 0 Å². The summed E-state index contributed by atoms with van der Waals surface area (Å²) in [6.45, 7) is 0.403. The van der Waals surface area contributed by atoms with Crippen molar-refractivity contribution in [3.05, 3.63) is 48.7 Å². The molecule has 0 aliphatic carbocycles. The van der Waals surface area contributed by atoms with Gasteiger partial charge in [-0.3, -0.25) is 4.21 Å². The normalized spacial score (nSPS) is 12.4. The molecule has 102 valence electrons. The highest BCUT2D eigenvalue weighted by Crippen LogP contribution is 2.22. The van der Waals surface area contributed by atoms with Gasteiger partial charge in [-0.05, 0) is 24.3 Å². The lowest BCUT2D eigenvalue weighted by molar-refractivity contribution is 0.342. The highest BCUT2D eigenvalue weighted by Gasteiger charge is 2.11. The number of benzene rings is 1. The second-order valence-electron chi connectivity index (χ2n) is 4.02. The van der Waals surface area contributed by atoms with E-state index >= 15 is 0 Å². The zero-order valence-electron chi connectivity index (χ0n) is 10.6. The summed E-state index contributed by atoms with van der Waals surface area (Å²) in [6.07, 6.45) is 1.69. The number of hydrogen-bond acceptors (Lipinski definition) is 5. The molecule has 0 N–H and O–H groups in total. The Labute approximate surface area is 122 Å². The quantitative estimate of drug-likeness (QED) is 0.727. The second kappa shape index (κ2) is 6.11. The lowest BCUT2D eigenvalue weighted by atomic mass is 10.3. The third-order valence-electron chi connectivity index (χ3n) is 2.62. The molecule has 0 aliphatic rings. The van der Waals surface area contributed by atoms with Crippen LogP contribution < -0.4 is 4.74 Å². The Kier molecular flexibility index (Phi) is 4.03. The molecular formula is C14H12N2O2S2. The Hall–Kier alpha value is -1.79. The third-order valence-corrected chi connectivity index (χ3v) is 5.25. The largest absolute Gasteiger partial charge is 0.493 e. The summed E-state index contributed by atoms with van der Waals surface area (Å²) < 4.78 is 19.3. The third kappa shape index (κ3) is 3.02. The number of thiazole rings is 1. The van der Waals surface area contributed by atoms with E-state index in [-0.39, 0.29) is 0 Å². The van der Waals surface area contributed by atoms with Crippen LogP contribution in [0.2, 0.25) is 0 Å². The van der Waals surface area contributed by atoms with Gasteiger partial charge in [-0.2, -0.15) is 0 Å². The van der Waals surface area contributed by atoms with Gasteiger partial charge in [-0.1, -0.05) is 18.2 Å². The molecule has 0 radical (unpaired) electrons. The number of para-hydroxylation sites is 1. The lowest BCUT2D eigenvalue weighted by Gasteiger charge is -2.04. The van der Waals surface area contributed by atoms with E-state index in [0.717, 1.165) is 10.4 Å². The van der Waals surface area contributed by atoms with Crippen molar-refractivity contribution in [3.8, 4) is 5.75 Å². The van der Waals surface area contributed by atoms with Crippen molar-refractivity contribution in [1.82, 2.24) is 9.97 Å². The summed E-state index contributed by atoms with van der Waals surface area (Å²) in [5.74, 6) is 1.21. The average Bonchev–Trinajstić information content (AvgIpc) is 2.92. The van der Waals surface area contributed by atoms with E-state index in [1.165, 1.54) is 11.3 Å². The molecule has 4 nitrogen and oxygen atoms in total. The molecule has 3 aromatic rings. The fourth-order valence-electron chi connectivity index (χ4n) is 1.69. The van der Waals surface area contributed by atoms with Crippen LogP contribution in [0.5, 0.6) is 5.75 Å². The van der Waals surface area contributed by atoms with Crippen LogP contribution in [0.15, 0.2) is 53.0 Å². The van der Waals surface area contributed by atoms with Gasteiger partial charge in [0.1, 0.15) is 12.4 Å². The molecule has 1 atom stereocenters. The van der Waals surface area contributed by atoms with E-state index in [4.69, 9.17) is 4.74 Å². The Morgan fingerprint density at radius 3 is 2.80 bits per heavy atom. The molecular weight excluding hydrogens is 292 g/mol. The Morgan fingerprint density at radius 2 is 2.00 bits per heavy atom. The van der Waals surface area contributed by atoms with Gasteiger partial charge in [0.25, 0.3) is 0 Å². The maximum absolute atomic E-state index is 12.2. The molecule has 0 amide bonds. The molecule has 1 aromatic carbocycles. The van der Waals surface area contributed by atoms with Gasteiger partial charge in [-0.15, -0.1) is 11.3 Å². The average molecular weight is 304 g/mol. The molecule has 2 heterocycles. The fourth-order valence-corrected chi connectivity index (χ4v) is 3.83. The van der Waals surface area contributed by atoms with Crippen LogP contribution >= 0.6 is 11.3 Å². The van der Waals surface area contributed by atoms with Crippen molar-refractivity contribution in [3.63, 3.8) is 0 Å². The van der Waals surface area contributed by atoms with Gasteiger partial charge < -0.3 is 4.74 Å². The predicted molar refractivity (Wildman–Crippen MR) is 80.6 cm³/mol. The highest BCUT2D eigenvalue weighted by atomic mass is 32.2. The molecule has 1 unspecified atom stereocenters. The Morgan fingerprint density at radius 1 is 1.15 bits per heavy atom. The highest BCUT2D eigenvalue weighted by molar-refractivity contribution is 7.87. The van der Waals surface area contributed by atoms with E-state index in [0.29, 0.717) is 22.3 Å². The van der Waals surface area contributed by atoms with Crippen molar-refractivity contribution in [2.75, 3.05) is 12.4 Å². The SMILES string of the molecule is O=S(CCOc1ccccc1)c1nc2ncccc2s1. The van der Waals surface area contributed by atoms with Crippen molar-refractivity contribution in [1.29, 1.82) is 0 Å². The summed E-state index contributed by atoms with van der Waals surface area (Å²) in [6, 6.07) is 13.3. The number of hydrogen-bond donors (Lipinski definition) is 0. The lowest BCUT2D eigenvalue weighted by Crippen LogP contribution is -2.08. The topological polar surface area (TPSA) is 52.1 Å². The summed E-state index contributed by atoms with van der Waals surface area (Å²) >= 11 is 1.42. The number of ether oxygens (including phenoxy) is 1. The second-order valence-corrected chi connectivity index (χ2v) is 6.79. The van der Waals surface area contributed by atoms with Gasteiger partial charge in [0.05, 0.1) is 21.3 Å². The summed E-state index contributed by atoms with van der Waals surface area (Å²) in [5, 5.41) is 0. The molecule has 0 saturated heterocycles. The maximum atomic E-state index is 12.2. The monoisotopic (exact) mass is 304 g/mol. The molecule has 0 aliphatic heterocycles. The molecule has 0 spiro atoms. The van der Waals surface area contributed by atoms with Crippen LogP contribution in [-0.4, -0.2) is 26.5 Å². The minimum Gasteiger partial charge on any atom is -0.493 e. The van der Waals surface area contributed by atoms with E-state index in [9.17, 15) is 4.21 Å². The molecule has 0 fully saturated rings. The van der Waals surface area contributed by atoms with Crippen LogP contribution in [0.1, 0.15) is 0 Å². The predicted octanol–water partition coefficient (Wildman–Crippen LogP) is 2.88. The van der Waals surface area contributed by atoms with Crippen molar-refractivity contribution in [2.45, 2.75) is 4.34 Å². The minimum atomic E-state index is -1.15. The molecule has 3 rings (SSSR count). The van der Waals surface area contributed by atoms with Crippen molar-refractivity contribution in [2.24, 2.45) is 0 Å². The van der Waals surface area contributed by atoms with Crippen LogP contribution in [0.3, 0.4) is 0 Å². The Bertz CT molecular complexity index is 695. The van der Waals surface area contributed by atoms with Gasteiger partial charge >= 0.3 is 0 Å². The summed E-state index contributed by atoms with van der Waals surface area (Å²) in [7, 11) is -1.15. The summed E-state index contributed by atoms with van der Waals surface area (Å²) in [5.41, 5.74) is 0.657. The first-order valence-electron chi connectivity index (χ1n) is 6.11. The number of fused-ring (bicyclic) bond motifs is 1. The first-order valence-corrected chi connectivity index (χ1v) is 8.24. The van der Waals surface area contributed by atoms with E-state index in [1.807, 2.05) is 42.5 Å². The van der Waals surface area contributed by atoms with E-state index in [1.54, 1.807) is 6.20 Å². The molecule has 20 heavy (non-hydrogen) atoms. The molecule has 0 saturated carbocycles. The van der Waals surface area contributed by atoms with Crippen LogP contribution in [-0.2, 0) is 10.8 Å². The smallest absolute Gasteiger partial charge is 0.183 e. The zero-order chi connectivity index (χ0) is 13.8. The standard InChI is InChI=1S/C14H12N2O2S2/c17-20(10-9-18-11-5-2-1-3-6-11)14-16-13-12(19-14)7-4-8-15-13/h1-8H,9-10H2. The van der Waals surface area contributed by atoms with Gasteiger partial charge in [-0.25, -0.2) is 9.97 Å². The summed E-state index contributed by atoms with van der Waals surface area (Å²) in [4.78, 5) is 8.44. The fraction of sp³-hybridized carbons (Fsp3) is 0.143. The van der Waals surface area contributed by atoms with Crippen molar-refractivity contribution < 1.29 is 8.95 Å². The van der Waals surface area contributed by atoms with Gasteiger partial charge in [0.2, 0.25) is 0 Å². The van der Waals surface area contributed by atoms with Crippen LogP contribution in [0.25, 0.3) is 10.3 Å². The maximum Gasteiger partial charge on any atom is 0.183 e. The first kappa shape index (κ1) is 13.2. The van der Waals surface area contributed by atoms with Crippen molar-refractivity contribution >= 4 is 32.5 Å². The first-order chi connectivity index (χ1) is 9.83. The van der Waals surface area contributed by atoms with Crippen LogP contribution in [0, 0.1) is 0 Å². The number of aromatic nitrogens is 2. The van der Waals surface area contributed by atoms with Gasteiger partial charge in [0.15, 0.2) is 9.99 Å². The Balaban J connectivity index is 1.61. The number of pyridine rings is 1. The molecule has 0 bridgehead atoms. The zero-order valence-corrected chi connectivity index (χ0v) is 12.2. The van der Waals surface area contributed by atoms with E-state index < -0.39 is 10.8 Å². The minimum absolute atomic E-state index is 0.403. The number of rotatable bonds is 5.